The van der Waals surface area contributed by atoms with Crippen LogP contribution in [-0.2, 0) is 5.41 Å². The second-order valence-electron chi connectivity index (χ2n) is 7.65. The Morgan fingerprint density at radius 1 is 0.964 bits per heavy atom. The Balaban J connectivity index is 0.00000140. The van der Waals surface area contributed by atoms with Crippen LogP contribution in [0.15, 0.2) is 54.6 Å². The van der Waals surface area contributed by atoms with Crippen LogP contribution in [0.3, 0.4) is 0 Å². The minimum atomic E-state index is -0.0247. The highest BCUT2D eigenvalue weighted by molar-refractivity contribution is 7.16. The summed E-state index contributed by atoms with van der Waals surface area (Å²) in [4.78, 5) is 3.44. The molecule has 28 heavy (non-hydrogen) atoms. The first kappa shape index (κ1) is 22.6. The third-order valence-corrected chi connectivity index (χ3v) is 6.57. The van der Waals surface area contributed by atoms with E-state index in [9.17, 15) is 0 Å². The Kier molecular flexibility index (Phi) is 6.74. The van der Waals surface area contributed by atoms with Gasteiger partial charge in [0.15, 0.2) is 5.71 Å². The maximum atomic E-state index is 2.35. The molecule has 0 unspecified atom stereocenters. The molecule has 4 rings (SSSR count). The monoisotopic (exact) mass is 506 g/mol. The molecule has 1 aliphatic heterocycles. The highest BCUT2D eigenvalue weighted by Crippen LogP contribution is 2.43. The average molecular weight is 506 g/mol. The maximum Gasteiger partial charge on any atom is 0.210 e. The van der Waals surface area contributed by atoms with Crippen LogP contribution < -0.4 is 28.9 Å². The van der Waals surface area contributed by atoms with Crippen molar-refractivity contribution in [3.8, 4) is 0 Å². The first-order valence-corrected chi connectivity index (χ1v) is 9.80. The van der Waals surface area contributed by atoms with E-state index in [1.165, 1.54) is 37.6 Å². The lowest BCUT2D eigenvalue weighted by atomic mass is 9.79. The number of thiophene rings is 1. The van der Waals surface area contributed by atoms with Gasteiger partial charge in [-0.25, -0.2) is 0 Å². The number of rotatable bonds is 3. The number of anilines is 1. The lowest BCUT2D eigenvalue weighted by Gasteiger charge is -2.17. The van der Waals surface area contributed by atoms with Crippen molar-refractivity contribution in [2.75, 3.05) is 26.0 Å². The van der Waals surface area contributed by atoms with Gasteiger partial charge in [0.25, 0.3) is 0 Å². The number of benzene rings is 2. The minimum absolute atomic E-state index is 0. The Labute approximate surface area is 188 Å². The first-order valence-electron chi connectivity index (χ1n) is 8.98. The zero-order valence-corrected chi connectivity index (χ0v) is 19.9. The van der Waals surface area contributed by atoms with Gasteiger partial charge in [-0.15, -0.1) is 11.3 Å². The van der Waals surface area contributed by atoms with E-state index in [1.54, 1.807) is 0 Å². The molecule has 0 saturated carbocycles. The van der Waals surface area contributed by atoms with Gasteiger partial charge in [-0.05, 0) is 48.9 Å². The topological polar surface area (TPSA) is 37.8 Å². The third-order valence-electron chi connectivity index (χ3n) is 5.35. The average Bonchev–Trinajstić information content (AvgIpc) is 3.16. The molecule has 0 amide bonds. The fraction of sp³-hybridized carbons (Fsp3) is 0.261. The van der Waals surface area contributed by atoms with Gasteiger partial charge in [0, 0.05) is 36.7 Å². The van der Waals surface area contributed by atoms with Crippen LogP contribution in [0.5, 0.6) is 0 Å². The van der Waals surface area contributed by atoms with Gasteiger partial charge >= 0.3 is 0 Å². The number of nitrogens with zero attached hydrogens (tertiary/aromatic N) is 2. The standard InChI is InChI=1S/C23H25N2S.HI.H2O/c1-23(2)20(14-11-17-12-15-21(26-17)24(3)4)25(5)19-13-10-16-8-6-7-9-18(16)22(19)23;;/h6-15H,1-5H3;1H;1H2/q+1;;/p-1. The first-order chi connectivity index (χ1) is 12.4. The molecular weight excluding hydrogens is 479 g/mol. The fourth-order valence-electron chi connectivity index (χ4n) is 4.03. The smallest absolute Gasteiger partial charge is 0.210 e. The Hall–Kier alpha value is -1.70. The molecule has 0 bridgehead atoms. The van der Waals surface area contributed by atoms with E-state index in [0.717, 1.165) is 0 Å². The van der Waals surface area contributed by atoms with Gasteiger partial charge in [-0.1, -0.05) is 24.3 Å². The van der Waals surface area contributed by atoms with E-state index in [4.69, 9.17) is 0 Å². The number of allylic oxidation sites excluding steroid dienone is 1. The Morgan fingerprint density at radius 2 is 1.68 bits per heavy atom. The molecule has 0 atom stereocenters. The van der Waals surface area contributed by atoms with Gasteiger partial charge in [-0.2, -0.15) is 4.58 Å². The number of fused-ring (bicyclic) bond motifs is 3. The molecule has 0 radical (unpaired) electrons. The van der Waals surface area contributed by atoms with Crippen molar-refractivity contribution in [1.29, 1.82) is 0 Å². The van der Waals surface area contributed by atoms with Crippen molar-refractivity contribution in [3.05, 3.63) is 65.0 Å². The molecule has 0 aliphatic carbocycles. The molecule has 3 aromatic rings. The van der Waals surface area contributed by atoms with E-state index < -0.39 is 0 Å². The van der Waals surface area contributed by atoms with Crippen molar-refractivity contribution in [1.82, 2.24) is 0 Å². The second kappa shape index (κ2) is 8.35. The Bertz CT molecular complexity index is 1060. The lowest BCUT2D eigenvalue weighted by molar-refractivity contribution is -0.401. The molecule has 1 aliphatic rings. The fourth-order valence-corrected chi connectivity index (χ4v) is 4.86. The summed E-state index contributed by atoms with van der Waals surface area (Å²) in [7, 11) is 6.36. The summed E-state index contributed by atoms with van der Waals surface area (Å²) in [5.41, 5.74) is 4.05. The van der Waals surface area contributed by atoms with Crippen molar-refractivity contribution < 1.29 is 34.0 Å². The van der Waals surface area contributed by atoms with Crippen LogP contribution in [0.2, 0.25) is 0 Å². The van der Waals surface area contributed by atoms with Crippen molar-refractivity contribution in [3.63, 3.8) is 0 Å². The molecule has 3 nitrogen and oxygen atoms in total. The molecule has 1 aromatic heterocycles. The number of hydrogen-bond donors (Lipinski definition) is 0. The summed E-state index contributed by atoms with van der Waals surface area (Å²) in [5.74, 6) is 0. The van der Waals surface area contributed by atoms with Crippen molar-refractivity contribution >= 4 is 44.6 Å². The van der Waals surface area contributed by atoms with Gasteiger partial charge in [0.2, 0.25) is 5.69 Å². The second-order valence-corrected chi connectivity index (χ2v) is 8.75. The summed E-state index contributed by atoms with van der Waals surface area (Å²) < 4.78 is 2.35. The van der Waals surface area contributed by atoms with Crippen LogP contribution in [0.1, 0.15) is 24.3 Å². The largest absolute Gasteiger partial charge is 1.00 e. The van der Waals surface area contributed by atoms with Crippen LogP contribution in [0, 0.1) is 0 Å². The molecule has 148 valence electrons. The molecule has 0 saturated heterocycles. The van der Waals surface area contributed by atoms with Crippen molar-refractivity contribution in [2.24, 2.45) is 0 Å². The summed E-state index contributed by atoms with van der Waals surface area (Å²) in [6.07, 6.45) is 4.54. The van der Waals surface area contributed by atoms with Gasteiger partial charge in [-0.3, -0.25) is 0 Å². The van der Waals surface area contributed by atoms with Gasteiger partial charge < -0.3 is 34.4 Å². The van der Waals surface area contributed by atoms with E-state index >= 15 is 0 Å². The molecule has 2 heterocycles. The zero-order chi connectivity index (χ0) is 18.5. The van der Waals surface area contributed by atoms with Crippen LogP contribution >= 0.6 is 11.3 Å². The van der Waals surface area contributed by atoms with Gasteiger partial charge in [0.05, 0.1) is 10.4 Å². The molecular formula is C23H27IN2OS. The highest BCUT2D eigenvalue weighted by Gasteiger charge is 2.44. The predicted molar refractivity (Wildman–Crippen MR) is 119 cm³/mol. The predicted octanol–water partition coefficient (Wildman–Crippen LogP) is 1.87. The van der Waals surface area contributed by atoms with Gasteiger partial charge in [0.1, 0.15) is 7.05 Å². The summed E-state index contributed by atoms with van der Waals surface area (Å²) in [5, 5.41) is 3.95. The third kappa shape index (κ3) is 3.63. The van der Waals surface area contributed by atoms with E-state index in [1.807, 2.05) is 11.3 Å². The van der Waals surface area contributed by atoms with E-state index in [-0.39, 0.29) is 34.9 Å². The van der Waals surface area contributed by atoms with E-state index in [2.05, 4.69) is 105 Å². The molecule has 5 heteroatoms. The summed E-state index contributed by atoms with van der Waals surface area (Å²) >= 11 is 1.82. The molecule has 2 aromatic carbocycles. The SMILES string of the molecule is CN(C)c1ccc(/C=C/C2=[N+](C)c3ccc4ccccc4c3C2(C)C)s1.O.[I-]. The lowest BCUT2D eigenvalue weighted by Crippen LogP contribution is -3.00. The van der Waals surface area contributed by atoms with Crippen LogP contribution in [0.25, 0.3) is 16.8 Å². The zero-order valence-electron chi connectivity index (χ0n) is 17.0. The van der Waals surface area contributed by atoms with Crippen LogP contribution in [-0.4, -0.2) is 36.9 Å². The highest BCUT2D eigenvalue weighted by atomic mass is 127. The van der Waals surface area contributed by atoms with E-state index in [0.29, 0.717) is 0 Å². The number of halogens is 1. The van der Waals surface area contributed by atoms with Crippen molar-refractivity contribution in [2.45, 2.75) is 19.3 Å². The quantitative estimate of drug-likeness (QED) is 0.395. The number of hydrogen-bond acceptors (Lipinski definition) is 2. The molecule has 0 spiro atoms. The molecule has 2 N–H and O–H groups in total. The Morgan fingerprint density at radius 3 is 2.36 bits per heavy atom. The maximum absolute atomic E-state index is 2.35. The molecule has 0 fully saturated rings. The normalized spacial score (nSPS) is 14.8. The minimum Gasteiger partial charge on any atom is -1.00 e. The summed E-state index contributed by atoms with van der Waals surface area (Å²) in [6, 6.07) is 17.6. The summed E-state index contributed by atoms with van der Waals surface area (Å²) in [6.45, 7) is 4.67. The van der Waals surface area contributed by atoms with Crippen LogP contribution in [0.4, 0.5) is 10.7 Å².